The highest BCUT2D eigenvalue weighted by Gasteiger charge is 2.29. The predicted octanol–water partition coefficient (Wildman–Crippen LogP) is 7.59. The molecule has 1 atom stereocenters. The first-order chi connectivity index (χ1) is 22.8. The predicted molar refractivity (Wildman–Crippen MR) is 185 cm³/mol. The highest BCUT2D eigenvalue weighted by molar-refractivity contribution is 8.00. The van der Waals surface area contributed by atoms with E-state index in [9.17, 15) is 19.2 Å². The van der Waals surface area contributed by atoms with Crippen molar-refractivity contribution in [1.29, 1.82) is 0 Å². The van der Waals surface area contributed by atoms with Gasteiger partial charge in [-0.05, 0) is 60.5 Å². The lowest BCUT2D eigenvalue weighted by Gasteiger charge is -2.18. The molecule has 5 rings (SSSR count). The number of para-hydroxylation sites is 2. The van der Waals surface area contributed by atoms with Crippen LogP contribution in [-0.4, -0.2) is 37.4 Å². The average molecular weight is 666 g/mol. The van der Waals surface area contributed by atoms with Gasteiger partial charge in [-0.1, -0.05) is 72.8 Å². The van der Waals surface area contributed by atoms with Crippen LogP contribution in [0.2, 0.25) is 0 Å². The van der Waals surface area contributed by atoms with E-state index in [1.54, 1.807) is 61.5 Å². The largest absolute Gasteiger partial charge is 0.484 e. The van der Waals surface area contributed by atoms with E-state index >= 15 is 0 Å². The number of thiophene rings is 1. The Bertz CT molecular complexity index is 1860. The molecule has 9 nitrogen and oxygen atoms in total. The number of thioether (sulfide) groups is 1. The second kappa shape index (κ2) is 15.7. The number of amides is 3. The van der Waals surface area contributed by atoms with Crippen LogP contribution >= 0.6 is 23.1 Å². The van der Waals surface area contributed by atoms with Crippen molar-refractivity contribution in [3.63, 3.8) is 0 Å². The molecule has 1 unspecified atom stereocenters. The molecule has 0 aliphatic heterocycles. The van der Waals surface area contributed by atoms with Gasteiger partial charge in [-0.3, -0.25) is 14.4 Å². The van der Waals surface area contributed by atoms with Crippen molar-refractivity contribution in [3.05, 3.63) is 137 Å². The lowest BCUT2D eigenvalue weighted by Crippen LogP contribution is -2.20. The van der Waals surface area contributed by atoms with Crippen molar-refractivity contribution in [1.82, 2.24) is 0 Å². The van der Waals surface area contributed by atoms with E-state index in [0.29, 0.717) is 27.6 Å². The molecule has 1 aromatic heterocycles. The smallest absolute Gasteiger partial charge is 0.341 e. The summed E-state index contributed by atoms with van der Waals surface area (Å²) in [5, 5.41) is 8.01. The van der Waals surface area contributed by atoms with Gasteiger partial charge in [-0.2, -0.15) is 0 Å². The molecule has 5 aromatic rings. The molecule has 0 spiro atoms. The van der Waals surface area contributed by atoms with Crippen molar-refractivity contribution < 1.29 is 28.7 Å². The molecule has 3 amide bonds. The molecule has 47 heavy (non-hydrogen) atoms. The van der Waals surface area contributed by atoms with E-state index < -0.39 is 23.0 Å². The Kier molecular flexibility index (Phi) is 11.1. The second-order valence-corrected chi connectivity index (χ2v) is 12.3. The van der Waals surface area contributed by atoms with E-state index in [4.69, 9.17) is 9.47 Å². The van der Waals surface area contributed by atoms with Crippen LogP contribution in [0.5, 0.6) is 5.75 Å². The van der Waals surface area contributed by atoms with Gasteiger partial charge in [-0.15, -0.1) is 23.1 Å². The third kappa shape index (κ3) is 8.66. The maximum Gasteiger partial charge on any atom is 0.341 e. The average Bonchev–Trinajstić information content (AvgIpc) is 3.42. The quantitative estimate of drug-likeness (QED) is 0.0927. The maximum atomic E-state index is 14.0. The molecule has 0 aliphatic rings. The lowest BCUT2D eigenvalue weighted by atomic mass is 10.1. The van der Waals surface area contributed by atoms with Crippen LogP contribution in [0, 0.1) is 6.92 Å². The first-order valence-electron chi connectivity index (χ1n) is 14.5. The second-order valence-electron chi connectivity index (χ2n) is 10.1. The fourth-order valence-electron chi connectivity index (χ4n) is 4.60. The number of nitrogens with one attached hydrogen (secondary N) is 3. The van der Waals surface area contributed by atoms with Crippen LogP contribution in [0.15, 0.2) is 120 Å². The number of ether oxygens (including phenoxy) is 2. The molecule has 4 aromatic carbocycles. The molecule has 0 saturated heterocycles. The molecule has 0 radical (unpaired) electrons. The van der Waals surface area contributed by atoms with Gasteiger partial charge in [0.2, 0.25) is 5.91 Å². The first-order valence-corrected chi connectivity index (χ1v) is 16.2. The Labute approximate surface area is 280 Å². The fourth-order valence-corrected chi connectivity index (χ4v) is 6.78. The molecular weight excluding hydrogens is 635 g/mol. The number of methoxy groups -OCH3 is 1. The highest BCUT2D eigenvalue weighted by atomic mass is 32.2. The van der Waals surface area contributed by atoms with Crippen molar-refractivity contribution in [2.75, 3.05) is 29.7 Å². The van der Waals surface area contributed by atoms with Gasteiger partial charge in [0.1, 0.15) is 16.0 Å². The normalized spacial score (nSPS) is 11.2. The number of esters is 1. The summed E-state index contributed by atoms with van der Waals surface area (Å²) in [6.45, 7) is 1.48. The zero-order valence-corrected chi connectivity index (χ0v) is 27.2. The molecule has 238 valence electrons. The molecule has 0 aliphatic carbocycles. The molecule has 1 heterocycles. The molecule has 0 bridgehead atoms. The Morgan fingerprint density at radius 3 is 2.09 bits per heavy atom. The number of hydrogen-bond acceptors (Lipinski definition) is 8. The van der Waals surface area contributed by atoms with E-state index in [1.165, 1.54) is 18.9 Å². The van der Waals surface area contributed by atoms with Gasteiger partial charge in [0, 0.05) is 16.3 Å². The number of rotatable bonds is 12. The molecule has 3 N–H and O–H groups in total. The molecule has 0 saturated carbocycles. The molecule has 0 fully saturated rings. The highest BCUT2D eigenvalue weighted by Crippen LogP contribution is 2.40. The minimum absolute atomic E-state index is 0.114. The Hall–Kier alpha value is -5.39. The van der Waals surface area contributed by atoms with Crippen molar-refractivity contribution >= 4 is 63.2 Å². The summed E-state index contributed by atoms with van der Waals surface area (Å²) in [6.07, 6.45) is 0. The summed E-state index contributed by atoms with van der Waals surface area (Å²) < 4.78 is 10.6. The van der Waals surface area contributed by atoms with Gasteiger partial charge < -0.3 is 25.4 Å². The van der Waals surface area contributed by atoms with Crippen LogP contribution in [0.1, 0.15) is 36.4 Å². The zero-order chi connectivity index (χ0) is 33.2. The van der Waals surface area contributed by atoms with Gasteiger partial charge in [0.15, 0.2) is 6.61 Å². The summed E-state index contributed by atoms with van der Waals surface area (Å²) >= 11 is 2.28. The van der Waals surface area contributed by atoms with E-state index in [1.807, 2.05) is 60.7 Å². The Morgan fingerprint density at radius 2 is 1.40 bits per heavy atom. The Morgan fingerprint density at radius 1 is 0.766 bits per heavy atom. The van der Waals surface area contributed by atoms with Crippen LogP contribution in [-0.2, 0) is 14.3 Å². The topological polar surface area (TPSA) is 123 Å². The fraction of sp³-hybridized carbons (Fsp3) is 0.111. The molecule has 11 heteroatoms. The van der Waals surface area contributed by atoms with Crippen molar-refractivity contribution in [2.45, 2.75) is 17.1 Å². The van der Waals surface area contributed by atoms with E-state index in [-0.39, 0.29) is 28.0 Å². The lowest BCUT2D eigenvalue weighted by molar-refractivity contribution is -0.118. The third-order valence-electron chi connectivity index (χ3n) is 6.84. The molecular formula is C36H31N3O6S2. The number of carbonyl (C=O) groups is 4. The van der Waals surface area contributed by atoms with Gasteiger partial charge in [0.25, 0.3) is 11.8 Å². The van der Waals surface area contributed by atoms with Gasteiger partial charge in [-0.25, -0.2) is 4.79 Å². The SMILES string of the molecule is COC(=O)c1c(NC(=O)C(Sc2cccc(NC(=O)COc3ccccc3)c2)c2ccccc2)sc(C(=O)Nc2ccccc2)c1C. The number of anilines is 3. The summed E-state index contributed by atoms with van der Waals surface area (Å²) in [5.74, 6) is -1.23. The number of benzene rings is 4. The van der Waals surface area contributed by atoms with Crippen molar-refractivity contribution in [2.24, 2.45) is 0 Å². The summed E-state index contributed by atoms with van der Waals surface area (Å²) in [6, 6.07) is 34.3. The van der Waals surface area contributed by atoms with Crippen LogP contribution in [0.3, 0.4) is 0 Å². The maximum absolute atomic E-state index is 14.0. The van der Waals surface area contributed by atoms with E-state index in [2.05, 4.69) is 16.0 Å². The van der Waals surface area contributed by atoms with Crippen molar-refractivity contribution in [3.8, 4) is 5.75 Å². The van der Waals surface area contributed by atoms with Crippen LogP contribution in [0.4, 0.5) is 16.4 Å². The number of carbonyl (C=O) groups excluding carboxylic acids is 4. The minimum atomic E-state index is -0.752. The van der Waals surface area contributed by atoms with Gasteiger partial charge in [0.05, 0.1) is 17.6 Å². The summed E-state index contributed by atoms with van der Waals surface area (Å²) in [5.41, 5.74) is 2.37. The first kappa shape index (κ1) is 33.0. The minimum Gasteiger partial charge on any atom is -0.484 e. The summed E-state index contributed by atoms with van der Waals surface area (Å²) in [4.78, 5) is 53.6. The van der Waals surface area contributed by atoms with Crippen LogP contribution in [0.25, 0.3) is 0 Å². The Balaban J connectivity index is 1.36. The van der Waals surface area contributed by atoms with Gasteiger partial charge >= 0.3 is 5.97 Å². The van der Waals surface area contributed by atoms with Crippen LogP contribution < -0.4 is 20.7 Å². The number of hydrogen-bond donors (Lipinski definition) is 3. The van der Waals surface area contributed by atoms with E-state index in [0.717, 1.165) is 16.9 Å². The monoisotopic (exact) mass is 665 g/mol. The zero-order valence-electron chi connectivity index (χ0n) is 25.5. The third-order valence-corrected chi connectivity index (χ3v) is 9.29. The standard InChI is InChI=1S/C36H31N3O6S2/c1-23-30(36(43)44-2)35(47-31(23)33(41)38-25-15-8-4-9-16-25)39-34(42)32(24-13-6-3-7-14-24)46-28-20-12-17-26(21-28)37-29(40)22-45-27-18-10-5-11-19-27/h3-21,32H,22H2,1-2H3,(H,37,40)(H,38,41)(H,39,42). The summed E-state index contributed by atoms with van der Waals surface area (Å²) in [7, 11) is 1.25.